The lowest BCUT2D eigenvalue weighted by Gasteiger charge is -2.15. The maximum atomic E-state index is 11.6. The number of nitrogens with zero attached hydrogens (tertiary/aromatic N) is 2. The zero-order valence-corrected chi connectivity index (χ0v) is 13.0. The summed E-state index contributed by atoms with van der Waals surface area (Å²) in [6.07, 6.45) is 2.68. The van der Waals surface area contributed by atoms with Crippen molar-refractivity contribution in [2.24, 2.45) is 18.9 Å². The predicted octanol–water partition coefficient (Wildman–Crippen LogP) is 3.83. The van der Waals surface area contributed by atoms with Crippen LogP contribution in [0.15, 0.2) is 18.2 Å². The van der Waals surface area contributed by atoms with Gasteiger partial charge >= 0.3 is 5.97 Å². The van der Waals surface area contributed by atoms with Crippen molar-refractivity contribution in [3.8, 4) is 0 Å². The van der Waals surface area contributed by atoms with Crippen LogP contribution >= 0.6 is 11.6 Å². The molecule has 1 fully saturated rings. The first-order valence-corrected chi connectivity index (χ1v) is 7.73. The zero-order valence-electron chi connectivity index (χ0n) is 12.2. The van der Waals surface area contributed by atoms with Crippen molar-refractivity contribution in [1.29, 1.82) is 0 Å². The van der Waals surface area contributed by atoms with E-state index in [-0.39, 0.29) is 11.8 Å². The summed E-state index contributed by atoms with van der Waals surface area (Å²) < 4.78 is 2.02. The van der Waals surface area contributed by atoms with E-state index in [9.17, 15) is 9.90 Å². The Balaban J connectivity index is 2.06. The summed E-state index contributed by atoms with van der Waals surface area (Å²) >= 11 is 6.02. The molecule has 1 saturated carbocycles. The van der Waals surface area contributed by atoms with Crippen molar-refractivity contribution in [2.75, 3.05) is 0 Å². The molecule has 0 bridgehead atoms. The van der Waals surface area contributed by atoms with Gasteiger partial charge < -0.3 is 9.67 Å². The van der Waals surface area contributed by atoms with E-state index in [1.807, 2.05) is 29.8 Å². The Morgan fingerprint density at radius 2 is 2.24 bits per heavy atom. The molecule has 0 amide bonds. The third kappa shape index (κ3) is 2.42. The van der Waals surface area contributed by atoms with Crippen LogP contribution in [0.4, 0.5) is 0 Å². The number of rotatable bonds is 3. The monoisotopic (exact) mass is 306 g/mol. The fourth-order valence-corrected chi connectivity index (χ4v) is 3.72. The van der Waals surface area contributed by atoms with Gasteiger partial charge in [-0.3, -0.25) is 4.79 Å². The molecule has 1 aliphatic carbocycles. The van der Waals surface area contributed by atoms with Crippen molar-refractivity contribution in [1.82, 2.24) is 9.55 Å². The molecule has 0 spiro atoms. The molecular weight excluding hydrogens is 288 g/mol. The van der Waals surface area contributed by atoms with Crippen LogP contribution in [0.25, 0.3) is 11.0 Å². The van der Waals surface area contributed by atoms with Gasteiger partial charge in [0.2, 0.25) is 0 Å². The molecule has 1 aliphatic rings. The van der Waals surface area contributed by atoms with Gasteiger partial charge in [-0.25, -0.2) is 4.98 Å². The SMILES string of the molecule is CCC1CC(C(=O)O)C(c2nc3cc(Cl)ccc3n2C)C1. The van der Waals surface area contributed by atoms with Crippen molar-refractivity contribution in [2.45, 2.75) is 32.1 Å². The lowest BCUT2D eigenvalue weighted by molar-refractivity contribution is -0.142. The number of aliphatic carboxylic acids is 1. The van der Waals surface area contributed by atoms with Gasteiger partial charge in [0.15, 0.2) is 0 Å². The molecule has 1 aromatic heterocycles. The fourth-order valence-electron chi connectivity index (χ4n) is 3.56. The number of fused-ring (bicyclic) bond motifs is 1. The quantitative estimate of drug-likeness (QED) is 0.937. The lowest BCUT2D eigenvalue weighted by Crippen LogP contribution is -2.19. The van der Waals surface area contributed by atoms with Crippen LogP contribution in [0.3, 0.4) is 0 Å². The average molecular weight is 307 g/mol. The fraction of sp³-hybridized carbons (Fsp3) is 0.500. The minimum absolute atomic E-state index is 0.0105. The molecule has 0 aliphatic heterocycles. The smallest absolute Gasteiger partial charge is 0.307 e. The Hall–Kier alpha value is -1.55. The molecule has 112 valence electrons. The lowest BCUT2D eigenvalue weighted by atomic mass is 9.95. The third-order valence-electron chi connectivity index (χ3n) is 4.76. The second-order valence-electron chi connectivity index (χ2n) is 5.96. The molecule has 21 heavy (non-hydrogen) atoms. The van der Waals surface area contributed by atoms with E-state index in [1.165, 1.54) is 0 Å². The Morgan fingerprint density at radius 3 is 2.90 bits per heavy atom. The first-order chi connectivity index (χ1) is 10.0. The number of imidazole rings is 1. The van der Waals surface area contributed by atoms with Gasteiger partial charge in [-0.15, -0.1) is 0 Å². The summed E-state index contributed by atoms with van der Waals surface area (Å²) in [4.78, 5) is 16.2. The molecule has 0 saturated heterocycles. The first-order valence-electron chi connectivity index (χ1n) is 7.36. The van der Waals surface area contributed by atoms with Gasteiger partial charge in [-0.2, -0.15) is 0 Å². The third-order valence-corrected chi connectivity index (χ3v) is 5.00. The Morgan fingerprint density at radius 1 is 1.48 bits per heavy atom. The number of carbonyl (C=O) groups is 1. The van der Waals surface area contributed by atoms with Crippen LogP contribution in [0.5, 0.6) is 0 Å². The van der Waals surface area contributed by atoms with Crippen LogP contribution in [0.2, 0.25) is 5.02 Å². The van der Waals surface area contributed by atoms with Crippen molar-refractivity contribution in [3.63, 3.8) is 0 Å². The highest BCUT2D eigenvalue weighted by Gasteiger charge is 2.41. The Kier molecular flexibility index (Phi) is 3.66. The number of halogens is 1. The van der Waals surface area contributed by atoms with E-state index >= 15 is 0 Å². The van der Waals surface area contributed by atoms with Crippen molar-refractivity contribution >= 4 is 28.6 Å². The highest BCUT2D eigenvalue weighted by atomic mass is 35.5. The molecule has 5 heteroatoms. The summed E-state index contributed by atoms with van der Waals surface area (Å²) in [5.74, 6) is 0.292. The van der Waals surface area contributed by atoms with E-state index < -0.39 is 5.97 Å². The van der Waals surface area contributed by atoms with Crippen LogP contribution in [0.1, 0.15) is 37.9 Å². The summed E-state index contributed by atoms with van der Waals surface area (Å²) in [6.45, 7) is 2.13. The van der Waals surface area contributed by atoms with E-state index in [1.54, 1.807) is 0 Å². The maximum Gasteiger partial charge on any atom is 0.307 e. The number of aromatic nitrogens is 2. The number of hydrogen-bond acceptors (Lipinski definition) is 2. The van der Waals surface area contributed by atoms with Gasteiger partial charge in [-0.05, 0) is 37.0 Å². The summed E-state index contributed by atoms with van der Waals surface area (Å²) in [6, 6.07) is 5.62. The molecular formula is C16H19ClN2O2. The van der Waals surface area contributed by atoms with Crippen LogP contribution in [0, 0.1) is 11.8 Å². The molecule has 3 atom stereocenters. The number of carboxylic acids is 1. The van der Waals surface area contributed by atoms with Crippen LogP contribution in [-0.2, 0) is 11.8 Å². The summed E-state index contributed by atoms with van der Waals surface area (Å²) in [5.41, 5.74) is 1.84. The molecule has 1 aromatic carbocycles. The second-order valence-corrected chi connectivity index (χ2v) is 6.40. The number of benzene rings is 1. The van der Waals surface area contributed by atoms with Gasteiger partial charge in [-0.1, -0.05) is 24.9 Å². The minimum atomic E-state index is -0.707. The summed E-state index contributed by atoms with van der Waals surface area (Å²) in [7, 11) is 1.96. The van der Waals surface area contributed by atoms with Gasteiger partial charge in [0.05, 0.1) is 17.0 Å². The highest BCUT2D eigenvalue weighted by molar-refractivity contribution is 6.31. The summed E-state index contributed by atoms with van der Waals surface area (Å²) in [5, 5.41) is 10.2. The van der Waals surface area contributed by atoms with Crippen LogP contribution < -0.4 is 0 Å². The van der Waals surface area contributed by atoms with E-state index in [0.717, 1.165) is 36.1 Å². The van der Waals surface area contributed by atoms with Gasteiger partial charge in [0.1, 0.15) is 5.82 Å². The molecule has 1 N–H and O–H groups in total. The molecule has 3 rings (SSSR count). The minimum Gasteiger partial charge on any atom is -0.481 e. The Labute approximate surface area is 128 Å². The zero-order chi connectivity index (χ0) is 15.1. The second kappa shape index (κ2) is 5.34. The van der Waals surface area contributed by atoms with E-state index in [0.29, 0.717) is 10.9 Å². The van der Waals surface area contributed by atoms with Crippen LogP contribution in [-0.4, -0.2) is 20.6 Å². The molecule has 3 unspecified atom stereocenters. The number of hydrogen-bond donors (Lipinski definition) is 1. The number of aryl methyl sites for hydroxylation is 1. The highest BCUT2D eigenvalue weighted by Crippen LogP contribution is 2.44. The number of carboxylic acid groups (broad SMARTS) is 1. The van der Waals surface area contributed by atoms with E-state index in [2.05, 4.69) is 11.9 Å². The Bertz CT molecular complexity index is 695. The first kappa shape index (κ1) is 14.4. The van der Waals surface area contributed by atoms with Crippen molar-refractivity contribution in [3.05, 3.63) is 29.0 Å². The maximum absolute atomic E-state index is 11.6. The average Bonchev–Trinajstić information content (AvgIpc) is 3.00. The van der Waals surface area contributed by atoms with Gasteiger partial charge in [0, 0.05) is 18.0 Å². The molecule has 2 aromatic rings. The molecule has 0 radical (unpaired) electrons. The predicted molar refractivity (Wildman–Crippen MR) is 82.6 cm³/mol. The normalized spacial score (nSPS) is 25.6. The van der Waals surface area contributed by atoms with Crippen molar-refractivity contribution < 1.29 is 9.90 Å². The van der Waals surface area contributed by atoms with E-state index in [4.69, 9.17) is 11.6 Å². The topological polar surface area (TPSA) is 55.1 Å². The largest absolute Gasteiger partial charge is 0.481 e. The standard InChI is InChI=1S/C16H19ClN2O2/c1-3-9-6-11(12(7-9)16(20)21)15-18-13-8-10(17)4-5-14(13)19(15)2/h4-5,8-9,11-12H,3,6-7H2,1-2H3,(H,20,21). The molecule has 4 nitrogen and oxygen atoms in total. The van der Waals surface area contributed by atoms with Gasteiger partial charge in [0.25, 0.3) is 0 Å². The molecule has 1 heterocycles.